The molecule has 0 spiro atoms. The minimum atomic E-state index is 0.410. The number of aryl methyl sites for hydroxylation is 1. The van der Waals surface area contributed by atoms with E-state index in [1.165, 1.54) is 5.56 Å². The van der Waals surface area contributed by atoms with E-state index in [0.29, 0.717) is 18.7 Å². The minimum absolute atomic E-state index is 0.410. The largest absolute Gasteiger partial charge is 0.458 e. The van der Waals surface area contributed by atoms with E-state index in [-0.39, 0.29) is 0 Å². The van der Waals surface area contributed by atoms with Crippen LogP contribution in [0.15, 0.2) is 30.6 Å². The van der Waals surface area contributed by atoms with E-state index >= 15 is 0 Å². The van der Waals surface area contributed by atoms with Crippen molar-refractivity contribution in [2.24, 2.45) is 7.05 Å². The second kappa shape index (κ2) is 6.33. The molecule has 1 N–H and O–H groups in total. The number of nitrogens with zero attached hydrogens (tertiary/aromatic N) is 3. The average Bonchev–Trinajstić information content (AvgIpc) is 2.81. The van der Waals surface area contributed by atoms with E-state index in [2.05, 4.69) is 53.5 Å². The van der Waals surface area contributed by atoms with Crippen LogP contribution in [0.4, 0.5) is 0 Å². The first-order valence-electron chi connectivity index (χ1n) is 6.43. The van der Waals surface area contributed by atoms with Crippen LogP contribution in [0.1, 0.15) is 25.0 Å². The third-order valence-electron chi connectivity index (χ3n) is 2.68. The van der Waals surface area contributed by atoms with Crippen LogP contribution in [0.5, 0.6) is 6.01 Å². The molecule has 0 amide bonds. The van der Waals surface area contributed by atoms with Gasteiger partial charge >= 0.3 is 6.01 Å². The highest BCUT2D eigenvalue weighted by Crippen LogP contribution is 2.08. The highest BCUT2D eigenvalue weighted by atomic mass is 16.5. The van der Waals surface area contributed by atoms with Crippen LogP contribution in [0.2, 0.25) is 0 Å². The Morgan fingerprint density at radius 2 is 1.89 bits per heavy atom. The first kappa shape index (κ1) is 13.5. The number of hydrogen-bond acceptors (Lipinski definition) is 4. The van der Waals surface area contributed by atoms with Crippen molar-refractivity contribution in [2.45, 2.75) is 33.0 Å². The molecule has 0 radical (unpaired) electrons. The van der Waals surface area contributed by atoms with Crippen molar-refractivity contribution < 1.29 is 4.74 Å². The van der Waals surface area contributed by atoms with Gasteiger partial charge in [-0.15, -0.1) is 5.10 Å². The molecule has 0 aliphatic carbocycles. The van der Waals surface area contributed by atoms with E-state index in [1.54, 1.807) is 11.0 Å². The van der Waals surface area contributed by atoms with Gasteiger partial charge in [-0.25, -0.2) is 0 Å². The number of aromatic nitrogens is 3. The van der Waals surface area contributed by atoms with E-state index in [0.717, 1.165) is 12.1 Å². The van der Waals surface area contributed by atoms with Gasteiger partial charge in [-0.3, -0.25) is 4.68 Å². The first-order chi connectivity index (χ1) is 9.13. The van der Waals surface area contributed by atoms with Gasteiger partial charge in [-0.2, -0.15) is 4.98 Å². The van der Waals surface area contributed by atoms with Crippen molar-refractivity contribution in [1.29, 1.82) is 0 Å². The van der Waals surface area contributed by atoms with Crippen LogP contribution in [0, 0.1) is 0 Å². The lowest BCUT2D eigenvalue weighted by Crippen LogP contribution is -2.21. The van der Waals surface area contributed by atoms with Gasteiger partial charge in [0, 0.05) is 19.6 Å². The zero-order chi connectivity index (χ0) is 13.7. The van der Waals surface area contributed by atoms with Gasteiger partial charge in [0.2, 0.25) is 0 Å². The second-order valence-corrected chi connectivity index (χ2v) is 4.84. The highest BCUT2D eigenvalue weighted by Gasteiger charge is 2.01. The molecule has 0 aliphatic rings. The van der Waals surface area contributed by atoms with Crippen molar-refractivity contribution in [1.82, 2.24) is 20.1 Å². The van der Waals surface area contributed by atoms with Crippen LogP contribution in [0.25, 0.3) is 0 Å². The van der Waals surface area contributed by atoms with Gasteiger partial charge in [-0.05, 0) is 11.1 Å². The van der Waals surface area contributed by atoms with E-state index in [9.17, 15) is 0 Å². The van der Waals surface area contributed by atoms with Crippen LogP contribution in [0.3, 0.4) is 0 Å². The van der Waals surface area contributed by atoms with Crippen molar-refractivity contribution in [3.05, 3.63) is 41.7 Å². The quantitative estimate of drug-likeness (QED) is 0.861. The lowest BCUT2D eigenvalue weighted by atomic mass is 10.1. The van der Waals surface area contributed by atoms with Crippen molar-refractivity contribution >= 4 is 0 Å². The van der Waals surface area contributed by atoms with Crippen LogP contribution < -0.4 is 10.1 Å². The zero-order valence-electron chi connectivity index (χ0n) is 11.6. The Morgan fingerprint density at radius 3 is 2.47 bits per heavy atom. The molecule has 5 heteroatoms. The monoisotopic (exact) mass is 260 g/mol. The maximum absolute atomic E-state index is 5.49. The summed E-state index contributed by atoms with van der Waals surface area (Å²) < 4.78 is 7.11. The number of rotatable bonds is 6. The Balaban J connectivity index is 1.84. The van der Waals surface area contributed by atoms with Gasteiger partial charge in [0.1, 0.15) is 12.9 Å². The maximum atomic E-state index is 5.49. The Hall–Kier alpha value is -1.88. The van der Waals surface area contributed by atoms with Crippen molar-refractivity contribution in [3.63, 3.8) is 0 Å². The van der Waals surface area contributed by atoms with E-state index in [1.807, 2.05) is 7.05 Å². The molecule has 0 bridgehead atoms. The molecule has 102 valence electrons. The fourth-order valence-electron chi connectivity index (χ4n) is 1.61. The van der Waals surface area contributed by atoms with Crippen molar-refractivity contribution in [2.75, 3.05) is 0 Å². The lowest BCUT2D eigenvalue weighted by molar-refractivity contribution is 0.280. The number of nitrogens with one attached hydrogen (secondary N) is 1. The minimum Gasteiger partial charge on any atom is -0.458 e. The molecule has 0 aliphatic heterocycles. The fourth-order valence-corrected chi connectivity index (χ4v) is 1.61. The molecule has 2 rings (SSSR count). The number of hydrogen-bond donors (Lipinski definition) is 1. The normalized spacial score (nSPS) is 10.9. The average molecular weight is 260 g/mol. The summed E-state index contributed by atoms with van der Waals surface area (Å²) in [4.78, 5) is 4.02. The second-order valence-electron chi connectivity index (χ2n) is 4.84. The topological polar surface area (TPSA) is 52.0 Å². The molecule has 5 nitrogen and oxygen atoms in total. The summed E-state index contributed by atoms with van der Waals surface area (Å²) >= 11 is 0. The molecule has 2 aromatic rings. The molecule has 1 aromatic heterocycles. The molecular formula is C14H20N4O. The summed E-state index contributed by atoms with van der Waals surface area (Å²) in [5.74, 6) is 0. The highest BCUT2D eigenvalue weighted by molar-refractivity contribution is 5.22. The van der Waals surface area contributed by atoms with Crippen LogP contribution in [-0.2, 0) is 20.2 Å². The van der Waals surface area contributed by atoms with Crippen molar-refractivity contribution in [3.8, 4) is 6.01 Å². The molecule has 1 heterocycles. The lowest BCUT2D eigenvalue weighted by Gasteiger charge is -2.08. The summed E-state index contributed by atoms with van der Waals surface area (Å²) in [7, 11) is 1.82. The summed E-state index contributed by atoms with van der Waals surface area (Å²) in [5.41, 5.74) is 2.38. The molecule has 0 fully saturated rings. The number of benzene rings is 1. The molecule has 1 aromatic carbocycles. The molecule has 19 heavy (non-hydrogen) atoms. The van der Waals surface area contributed by atoms with Gasteiger partial charge < -0.3 is 10.1 Å². The summed E-state index contributed by atoms with van der Waals surface area (Å²) in [6.45, 7) is 5.66. The molecule has 0 saturated heterocycles. The third-order valence-corrected chi connectivity index (χ3v) is 2.68. The van der Waals surface area contributed by atoms with Gasteiger partial charge in [0.15, 0.2) is 0 Å². The molecule has 0 atom stereocenters. The Morgan fingerprint density at radius 1 is 1.21 bits per heavy atom. The summed E-state index contributed by atoms with van der Waals surface area (Å²) in [5, 5.41) is 7.45. The summed E-state index contributed by atoms with van der Waals surface area (Å²) in [6, 6.07) is 9.27. The summed E-state index contributed by atoms with van der Waals surface area (Å²) in [6.07, 6.45) is 1.62. The smallest absolute Gasteiger partial charge is 0.335 e. The molecule has 0 unspecified atom stereocenters. The maximum Gasteiger partial charge on any atom is 0.335 e. The van der Waals surface area contributed by atoms with Gasteiger partial charge in [-0.1, -0.05) is 38.1 Å². The fraction of sp³-hybridized carbons (Fsp3) is 0.429. The Kier molecular flexibility index (Phi) is 4.52. The SMILES string of the molecule is CC(C)NCc1ccc(COc2ncn(C)n2)cc1. The van der Waals surface area contributed by atoms with E-state index in [4.69, 9.17) is 4.74 Å². The van der Waals surface area contributed by atoms with Gasteiger partial charge in [0.25, 0.3) is 0 Å². The standard InChI is InChI=1S/C14H20N4O/c1-11(2)15-8-12-4-6-13(7-5-12)9-19-14-16-10-18(3)17-14/h4-7,10-11,15H,8-9H2,1-3H3. The van der Waals surface area contributed by atoms with Gasteiger partial charge in [0.05, 0.1) is 0 Å². The van der Waals surface area contributed by atoms with Crippen LogP contribution >= 0.6 is 0 Å². The Bertz CT molecular complexity index is 504. The first-order valence-corrected chi connectivity index (χ1v) is 6.43. The van der Waals surface area contributed by atoms with Crippen LogP contribution in [-0.4, -0.2) is 20.8 Å². The van der Waals surface area contributed by atoms with E-state index < -0.39 is 0 Å². The number of ether oxygens (including phenoxy) is 1. The molecular weight excluding hydrogens is 240 g/mol. The predicted octanol–water partition coefficient (Wildman–Crippen LogP) is 1.89. The zero-order valence-corrected chi connectivity index (χ0v) is 11.6. The predicted molar refractivity (Wildman–Crippen MR) is 73.8 cm³/mol. The Labute approximate surface area is 113 Å². The molecule has 0 saturated carbocycles. The third kappa shape index (κ3) is 4.37.